The van der Waals surface area contributed by atoms with Crippen molar-refractivity contribution in [3.8, 4) is 0 Å². The van der Waals surface area contributed by atoms with Crippen LogP contribution in [0, 0.1) is 5.41 Å². The number of anilines is 2. The van der Waals surface area contributed by atoms with Crippen molar-refractivity contribution in [3.63, 3.8) is 0 Å². The molecule has 1 fully saturated rings. The monoisotopic (exact) mass is 720 g/mol. The van der Waals surface area contributed by atoms with E-state index in [1.54, 1.807) is 6.07 Å². The number of nitrogens with zero attached hydrogens (tertiary/aromatic N) is 3. The van der Waals surface area contributed by atoms with Crippen LogP contribution in [0.3, 0.4) is 0 Å². The van der Waals surface area contributed by atoms with Gasteiger partial charge in [0.05, 0.1) is 22.4 Å². The molecule has 0 spiro atoms. The number of para-hydroxylation sites is 1. The van der Waals surface area contributed by atoms with Crippen molar-refractivity contribution in [2.45, 2.75) is 42.7 Å². The first kappa shape index (κ1) is 36.2. The summed E-state index contributed by atoms with van der Waals surface area (Å²) < 4.78 is 47.0. The highest BCUT2D eigenvalue weighted by atomic mass is 32.2. The number of nitrogens with one attached hydrogen (secondary N) is 1. The molecule has 1 atom stereocenters. The van der Waals surface area contributed by atoms with Crippen LogP contribution in [0.15, 0.2) is 94.7 Å². The number of amides is 1. The number of fused-ring (bicyclic) bond motifs is 3. The van der Waals surface area contributed by atoms with Gasteiger partial charge in [-0.2, -0.15) is 13.2 Å². The van der Waals surface area contributed by atoms with Gasteiger partial charge in [-0.05, 0) is 85.2 Å². The van der Waals surface area contributed by atoms with Crippen LogP contribution in [0.25, 0.3) is 10.8 Å². The Kier molecular flexibility index (Phi) is 11.4. The lowest BCUT2D eigenvalue weighted by atomic mass is 9.83. The van der Waals surface area contributed by atoms with E-state index in [0.717, 1.165) is 66.7 Å². The first-order valence-corrected chi connectivity index (χ1v) is 18.3. The van der Waals surface area contributed by atoms with Crippen LogP contribution >= 0.6 is 24.0 Å². The molecule has 11 heteroatoms. The summed E-state index contributed by atoms with van der Waals surface area (Å²) in [6, 6.07) is 26.6. The highest BCUT2D eigenvalue weighted by molar-refractivity contribution is 7.99. The van der Waals surface area contributed by atoms with E-state index >= 15 is 0 Å². The van der Waals surface area contributed by atoms with Gasteiger partial charge >= 0.3 is 6.18 Å². The number of carbonyl (C=O) groups is 1. The van der Waals surface area contributed by atoms with Crippen LogP contribution in [0.4, 0.5) is 24.5 Å². The Morgan fingerprint density at radius 2 is 1.52 bits per heavy atom. The van der Waals surface area contributed by atoms with Gasteiger partial charge in [-0.3, -0.25) is 9.69 Å². The SMILES string of the molecule is CC(=O)NCC(C)(Cc1ccc2ccccc2c1)C(=S)OCCN1CCN(CCCN2c3ccccc3Sc3ccc(C(F)(F)F)cc32)CC1. The maximum atomic E-state index is 13.6. The lowest BCUT2D eigenvalue weighted by molar-refractivity contribution is -0.137. The zero-order valence-corrected chi connectivity index (χ0v) is 30.1. The molecule has 4 aromatic carbocycles. The minimum atomic E-state index is -4.39. The maximum absolute atomic E-state index is 13.6. The normalized spacial score (nSPS) is 16.4. The number of benzene rings is 4. The Hall–Kier alpha value is -3.64. The number of hydrogen-bond donors (Lipinski definition) is 1. The molecule has 2 aliphatic heterocycles. The summed E-state index contributed by atoms with van der Waals surface area (Å²) >= 11 is 7.36. The van der Waals surface area contributed by atoms with Crippen molar-refractivity contribution in [3.05, 3.63) is 96.1 Å². The number of piperazine rings is 1. The predicted octanol–water partition coefficient (Wildman–Crippen LogP) is 8.20. The third-order valence-electron chi connectivity index (χ3n) is 9.54. The van der Waals surface area contributed by atoms with Crippen molar-refractivity contribution in [2.75, 3.05) is 63.9 Å². The van der Waals surface area contributed by atoms with E-state index in [2.05, 4.69) is 45.4 Å². The molecule has 1 amide bonds. The van der Waals surface area contributed by atoms with E-state index in [-0.39, 0.29) is 5.91 Å². The average molecular weight is 721 g/mol. The number of rotatable bonds is 12. The molecule has 0 bridgehead atoms. The van der Waals surface area contributed by atoms with E-state index in [0.29, 0.717) is 36.9 Å². The van der Waals surface area contributed by atoms with Crippen molar-refractivity contribution >= 4 is 57.1 Å². The van der Waals surface area contributed by atoms with Gasteiger partial charge in [0, 0.05) is 62.5 Å². The van der Waals surface area contributed by atoms with Gasteiger partial charge in [-0.15, -0.1) is 0 Å². The molecule has 0 radical (unpaired) electrons. The summed E-state index contributed by atoms with van der Waals surface area (Å²) in [6.07, 6.45) is -2.91. The topological polar surface area (TPSA) is 48.1 Å². The van der Waals surface area contributed by atoms with E-state index in [1.807, 2.05) is 48.2 Å². The summed E-state index contributed by atoms with van der Waals surface area (Å²) in [6.45, 7) is 10.3. The number of thiocarbonyl (C=S) groups is 1. The Morgan fingerprint density at radius 3 is 2.26 bits per heavy atom. The zero-order valence-electron chi connectivity index (χ0n) is 28.5. The Balaban J connectivity index is 0.984. The molecule has 50 heavy (non-hydrogen) atoms. The van der Waals surface area contributed by atoms with Crippen LogP contribution < -0.4 is 10.2 Å². The highest BCUT2D eigenvalue weighted by Crippen LogP contribution is 2.49. The Bertz CT molecular complexity index is 1830. The van der Waals surface area contributed by atoms with Gasteiger partial charge in [0.2, 0.25) is 5.91 Å². The summed E-state index contributed by atoms with van der Waals surface area (Å²) in [4.78, 5) is 20.6. The lowest BCUT2D eigenvalue weighted by Crippen LogP contribution is -2.48. The number of halogens is 3. The Labute approximate surface area is 302 Å². The lowest BCUT2D eigenvalue weighted by Gasteiger charge is -2.36. The summed E-state index contributed by atoms with van der Waals surface area (Å²) in [5, 5.41) is 5.80. The fraction of sp³-hybridized carbons (Fsp3) is 0.385. The van der Waals surface area contributed by atoms with E-state index < -0.39 is 17.2 Å². The van der Waals surface area contributed by atoms with Crippen LogP contribution in [-0.4, -0.2) is 79.7 Å². The average Bonchev–Trinajstić information content (AvgIpc) is 3.10. The molecular weight excluding hydrogens is 678 g/mol. The molecule has 1 saturated heterocycles. The zero-order chi connectivity index (χ0) is 35.3. The largest absolute Gasteiger partial charge is 0.485 e. The van der Waals surface area contributed by atoms with Gasteiger partial charge in [0.15, 0.2) is 5.05 Å². The molecule has 0 aromatic heterocycles. The van der Waals surface area contributed by atoms with Gasteiger partial charge in [-0.25, -0.2) is 0 Å². The van der Waals surface area contributed by atoms with Crippen LogP contribution in [-0.2, 0) is 22.1 Å². The molecular formula is C39H43F3N4O2S2. The smallest absolute Gasteiger partial charge is 0.416 e. The molecule has 6 nitrogen and oxygen atoms in total. The predicted molar refractivity (Wildman–Crippen MR) is 200 cm³/mol. The number of ether oxygens (including phenoxy) is 1. The van der Waals surface area contributed by atoms with Crippen molar-refractivity contribution in [1.82, 2.24) is 15.1 Å². The van der Waals surface area contributed by atoms with Crippen LogP contribution in [0.1, 0.15) is 31.4 Å². The molecule has 1 unspecified atom stereocenters. The third-order valence-corrected chi connectivity index (χ3v) is 11.3. The number of hydrogen-bond acceptors (Lipinski definition) is 7. The molecule has 2 heterocycles. The summed E-state index contributed by atoms with van der Waals surface area (Å²) in [7, 11) is 0. The van der Waals surface area contributed by atoms with Gasteiger partial charge < -0.3 is 19.9 Å². The molecule has 264 valence electrons. The van der Waals surface area contributed by atoms with Gasteiger partial charge in [0.1, 0.15) is 6.61 Å². The second-order valence-electron chi connectivity index (χ2n) is 13.4. The van der Waals surface area contributed by atoms with E-state index in [9.17, 15) is 18.0 Å². The van der Waals surface area contributed by atoms with Gasteiger partial charge in [0.25, 0.3) is 0 Å². The number of alkyl halides is 3. The quantitative estimate of drug-likeness (QED) is 0.148. The standard InChI is InChI=1S/C39H43F3N4O2S2/c1-28(47)43-27-38(2,26-29-12-13-30-8-3-4-9-31(30)24-29)37(49)48-23-22-45-20-18-44(19-21-45)16-7-17-46-33-10-5-6-11-35(33)50-36-15-14-32(25-34(36)46)39(40,41)42/h3-6,8-15,24-25H,7,16-23,26-27H2,1-2H3,(H,43,47). The highest BCUT2D eigenvalue weighted by Gasteiger charge is 2.34. The fourth-order valence-corrected chi connectivity index (χ4v) is 8.01. The summed E-state index contributed by atoms with van der Waals surface area (Å²) in [5.41, 5.74) is 1.54. The third kappa shape index (κ3) is 8.80. The molecule has 4 aromatic rings. The second kappa shape index (κ2) is 15.7. The van der Waals surface area contributed by atoms with Crippen molar-refractivity contribution in [2.24, 2.45) is 5.41 Å². The molecule has 6 rings (SSSR count). The molecule has 0 saturated carbocycles. The minimum absolute atomic E-state index is 0.101. The molecule has 1 N–H and O–H groups in total. The van der Waals surface area contributed by atoms with E-state index in [1.165, 1.54) is 41.6 Å². The fourth-order valence-electron chi connectivity index (χ4n) is 6.70. The van der Waals surface area contributed by atoms with E-state index in [4.69, 9.17) is 17.0 Å². The van der Waals surface area contributed by atoms with Crippen LogP contribution in [0.5, 0.6) is 0 Å². The number of carbonyl (C=O) groups excluding carboxylic acids is 1. The Morgan fingerprint density at radius 1 is 0.840 bits per heavy atom. The summed E-state index contributed by atoms with van der Waals surface area (Å²) in [5.74, 6) is -0.101. The minimum Gasteiger partial charge on any atom is -0.485 e. The van der Waals surface area contributed by atoms with Crippen molar-refractivity contribution < 1.29 is 22.7 Å². The van der Waals surface area contributed by atoms with Crippen LogP contribution in [0.2, 0.25) is 0 Å². The first-order valence-electron chi connectivity index (χ1n) is 17.1. The van der Waals surface area contributed by atoms with Gasteiger partial charge in [-0.1, -0.05) is 66.4 Å². The molecule has 2 aliphatic rings. The second-order valence-corrected chi connectivity index (χ2v) is 14.9. The molecule has 0 aliphatic carbocycles. The van der Waals surface area contributed by atoms with Crippen molar-refractivity contribution in [1.29, 1.82) is 0 Å². The maximum Gasteiger partial charge on any atom is 0.416 e. The first-order chi connectivity index (χ1) is 24.0.